The highest BCUT2D eigenvalue weighted by molar-refractivity contribution is 6.06. The first-order valence-electron chi connectivity index (χ1n) is 21.0. The average molecular weight is 738 g/mol. The van der Waals surface area contributed by atoms with Crippen molar-refractivity contribution < 1.29 is 4.42 Å². The van der Waals surface area contributed by atoms with Crippen molar-refractivity contribution in [3.05, 3.63) is 191 Å². The monoisotopic (exact) mass is 737 g/mol. The van der Waals surface area contributed by atoms with E-state index in [0.29, 0.717) is 5.92 Å². The second kappa shape index (κ2) is 13.5. The number of anilines is 3. The maximum Gasteiger partial charge on any atom is 0.137 e. The lowest BCUT2D eigenvalue weighted by Crippen LogP contribution is -2.17. The Morgan fingerprint density at radius 2 is 1.25 bits per heavy atom. The van der Waals surface area contributed by atoms with Crippen LogP contribution >= 0.6 is 0 Å². The van der Waals surface area contributed by atoms with Crippen LogP contribution in [-0.2, 0) is 11.8 Å². The Hall–Kier alpha value is -6.12. The Morgan fingerprint density at radius 1 is 0.544 bits per heavy atom. The Balaban J connectivity index is 1.02. The van der Waals surface area contributed by atoms with Crippen molar-refractivity contribution >= 4 is 44.6 Å². The van der Waals surface area contributed by atoms with Gasteiger partial charge in [0.25, 0.3) is 0 Å². The predicted molar refractivity (Wildman–Crippen MR) is 239 cm³/mol. The SMILES string of the molecule is CC1(C)c2cc(C3CCCCC3)ccc2-c2ccc(N(c3ccc(-c4cccc5c4C(c4ccccc4)=CCC5)cc3)c3ccc4c(c3)oc3ccccc34)cc21. The zero-order chi connectivity index (χ0) is 38.1. The van der Waals surface area contributed by atoms with Crippen LogP contribution in [0.3, 0.4) is 0 Å². The first-order valence-corrected chi connectivity index (χ1v) is 21.0. The maximum absolute atomic E-state index is 6.47. The van der Waals surface area contributed by atoms with Crippen molar-refractivity contribution in [3.63, 3.8) is 0 Å². The molecule has 0 unspecified atom stereocenters. The van der Waals surface area contributed by atoms with Gasteiger partial charge in [-0.05, 0) is 135 Å². The fraction of sp³-hybridized carbons (Fsp3) is 0.200. The number of furan rings is 1. The number of nitrogens with zero attached hydrogens (tertiary/aromatic N) is 1. The Bertz CT molecular complexity index is 2850. The van der Waals surface area contributed by atoms with E-state index in [1.165, 1.54) is 93.3 Å². The van der Waals surface area contributed by atoms with Crippen LogP contribution in [0.4, 0.5) is 17.1 Å². The Morgan fingerprint density at radius 3 is 2.09 bits per heavy atom. The molecule has 57 heavy (non-hydrogen) atoms. The molecular formula is C55H47NO. The Kier molecular flexibility index (Phi) is 8.10. The molecule has 1 fully saturated rings. The quantitative estimate of drug-likeness (QED) is 0.169. The van der Waals surface area contributed by atoms with Gasteiger partial charge in [0.2, 0.25) is 0 Å². The molecule has 0 aliphatic heterocycles. The molecule has 0 atom stereocenters. The van der Waals surface area contributed by atoms with Gasteiger partial charge in [-0.1, -0.05) is 142 Å². The van der Waals surface area contributed by atoms with Gasteiger partial charge in [-0.3, -0.25) is 0 Å². The molecule has 3 aliphatic carbocycles. The maximum atomic E-state index is 6.47. The number of hydrogen-bond donors (Lipinski definition) is 0. The average Bonchev–Trinajstić information content (AvgIpc) is 3.75. The van der Waals surface area contributed by atoms with Crippen molar-refractivity contribution in [1.82, 2.24) is 0 Å². The molecule has 1 saturated carbocycles. The van der Waals surface area contributed by atoms with Gasteiger partial charge >= 0.3 is 0 Å². The van der Waals surface area contributed by atoms with Gasteiger partial charge in [-0.25, -0.2) is 0 Å². The van der Waals surface area contributed by atoms with Gasteiger partial charge in [-0.2, -0.15) is 0 Å². The summed E-state index contributed by atoms with van der Waals surface area (Å²) in [5.74, 6) is 0.688. The van der Waals surface area contributed by atoms with E-state index in [1.807, 2.05) is 6.07 Å². The van der Waals surface area contributed by atoms with E-state index in [9.17, 15) is 0 Å². The third-order valence-corrected chi connectivity index (χ3v) is 13.3. The lowest BCUT2D eigenvalue weighted by atomic mass is 9.79. The Labute approximate surface area is 336 Å². The molecule has 8 aromatic rings. The van der Waals surface area contributed by atoms with Crippen molar-refractivity contribution in [2.45, 2.75) is 70.1 Å². The van der Waals surface area contributed by atoms with Crippen molar-refractivity contribution in [1.29, 1.82) is 0 Å². The van der Waals surface area contributed by atoms with E-state index in [0.717, 1.165) is 51.8 Å². The zero-order valence-electron chi connectivity index (χ0n) is 32.9. The summed E-state index contributed by atoms with van der Waals surface area (Å²) in [6.07, 6.45) is 11.3. The summed E-state index contributed by atoms with van der Waals surface area (Å²) in [5.41, 5.74) is 20.1. The molecule has 0 amide bonds. The van der Waals surface area contributed by atoms with E-state index in [4.69, 9.17) is 4.42 Å². The predicted octanol–water partition coefficient (Wildman–Crippen LogP) is 15.5. The summed E-state index contributed by atoms with van der Waals surface area (Å²) in [5, 5.41) is 2.29. The standard InChI is InChI=1S/C55H47NO/c1-55(2)50-33-40(36-13-5-3-6-14-36)25-30-46(50)47-31-28-42(34-51(47)55)56(43-29-32-49-48-19-9-10-22-52(48)57-53(49)35-43)41-26-23-38(24-27-41)45-21-12-18-39-17-11-20-44(54(39)45)37-15-7-4-8-16-37/h4,7-10,12,15-16,18-36H,3,5-6,11,13-14,17H2,1-2H3. The smallest absolute Gasteiger partial charge is 0.137 e. The topological polar surface area (TPSA) is 16.4 Å². The zero-order valence-corrected chi connectivity index (χ0v) is 32.9. The molecule has 2 heteroatoms. The second-order valence-corrected chi connectivity index (χ2v) is 17.0. The van der Waals surface area contributed by atoms with Crippen LogP contribution in [0.1, 0.15) is 91.7 Å². The number of benzene rings is 7. The van der Waals surface area contributed by atoms with Crippen LogP contribution in [0.5, 0.6) is 0 Å². The van der Waals surface area contributed by atoms with Crippen LogP contribution in [0, 0.1) is 0 Å². The molecule has 278 valence electrons. The lowest BCUT2D eigenvalue weighted by Gasteiger charge is -2.29. The number of fused-ring (bicyclic) bond motifs is 7. The van der Waals surface area contributed by atoms with E-state index < -0.39 is 0 Å². The molecule has 2 nitrogen and oxygen atoms in total. The second-order valence-electron chi connectivity index (χ2n) is 17.0. The summed E-state index contributed by atoms with van der Waals surface area (Å²) in [7, 11) is 0. The molecule has 0 bridgehead atoms. The molecule has 11 rings (SSSR count). The fourth-order valence-corrected chi connectivity index (χ4v) is 10.4. The number of para-hydroxylation sites is 1. The van der Waals surface area contributed by atoms with Gasteiger partial charge in [0.05, 0.1) is 0 Å². The third kappa shape index (κ3) is 5.68. The van der Waals surface area contributed by atoms with Crippen molar-refractivity contribution in [3.8, 4) is 22.3 Å². The number of rotatable bonds is 6. The molecule has 0 spiro atoms. The van der Waals surface area contributed by atoms with Crippen molar-refractivity contribution in [2.24, 2.45) is 0 Å². The molecule has 1 heterocycles. The number of allylic oxidation sites excluding steroid dienone is 1. The minimum absolute atomic E-state index is 0.111. The summed E-state index contributed by atoms with van der Waals surface area (Å²) >= 11 is 0. The van der Waals surface area contributed by atoms with Gasteiger partial charge in [0.1, 0.15) is 11.2 Å². The molecule has 0 radical (unpaired) electrons. The van der Waals surface area contributed by atoms with E-state index in [-0.39, 0.29) is 5.41 Å². The highest BCUT2D eigenvalue weighted by atomic mass is 16.3. The first-order chi connectivity index (χ1) is 28.0. The summed E-state index contributed by atoms with van der Waals surface area (Å²) < 4.78 is 6.47. The third-order valence-electron chi connectivity index (χ3n) is 13.3. The molecule has 7 aromatic carbocycles. The van der Waals surface area contributed by atoms with Crippen LogP contribution in [0.15, 0.2) is 162 Å². The highest BCUT2D eigenvalue weighted by Crippen LogP contribution is 2.52. The minimum Gasteiger partial charge on any atom is -0.456 e. The first kappa shape index (κ1) is 34.2. The van der Waals surface area contributed by atoms with E-state index >= 15 is 0 Å². The summed E-state index contributed by atoms with van der Waals surface area (Å²) in [6.45, 7) is 4.84. The van der Waals surface area contributed by atoms with Crippen molar-refractivity contribution in [2.75, 3.05) is 4.90 Å². The number of hydrogen-bond acceptors (Lipinski definition) is 2. The van der Waals surface area contributed by atoms with Gasteiger partial charge in [0.15, 0.2) is 0 Å². The normalized spacial score (nSPS) is 15.9. The molecule has 0 N–H and O–H groups in total. The number of aryl methyl sites for hydroxylation is 1. The van der Waals surface area contributed by atoms with Crippen LogP contribution in [0.25, 0.3) is 49.8 Å². The summed E-state index contributed by atoms with van der Waals surface area (Å²) in [6, 6.07) is 56.5. The van der Waals surface area contributed by atoms with Gasteiger partial charge < -0.3 is 9.32 Å². The summed E-state index contributed by atoms with van der Waals surface area (Å²) in [4.78, 5) is 2.42. The van der Waals surface area contributed by atoms with Crippen LogP contribution in [0.2, 0.25) is 0 Å². The fourth-order valence-electron chi connectivity index (χ4n) is 10.4. The molecular weight excluding hydrogens is 691 g/mol. The van der Waals surface area contributed by atoms with Gasteiger partial charge in [0, 0.05) is 39.3 Å². The van der Waals surface area contributed by atoms with E-state index in [2.05, 4.69) is 170 Å². The van der Waals surface area contributed by atoms with Crippen LogP contribution < -0.4 is 4.90 Å². The largest absolute Gasteiger partial charge is 0.456 e. The molecule has 3 aliphatic rings. The minimum atomic E-state index is -0.111. The lowest BCUT2D eigenvalue weighted by molar-refractivity contribution is 0.443. The van der Waals surface area contributed by atoms with E-state index in [1.54, 1.807) is 0 Å². The molecule has 1 aromatic heterocycles. The van der Waals surface area contributed by atoms with Gasteiger partial charge in [-0.15, -0.1) is 0 Å². The highest BCUT2D eigenvalue weighted by Gasteiger charge is 2.37. The van der Waals surface area contributed by atoms with Crippen LogP contribution in [-0.4, -0.2) is 0 Å². The molecule has 0 saturated heterocycles.